The van der Waals surface area contributed by atoms with Crippen LogP contribution in [0.1, 0.15) is 32.3 Å². The van der Waals surface area contributed by atoms with Gasteiger partial charge in [-0.1, -0.05) is 44.2 Å². The predicted octanol–water partition coefficient (Wildman–Crippen LogP) is 2.24. The monoisotopic (exact) mass is 247 g/mol. The third-order valence-electron chi connectivity index (χ3n) is 3.56. The highest BCUT2D eigenvalue weighted by molar-refractivity contribution is 5.33. The Kier molecular flexibility index (Phi) is 5.33. The lowest BCUT2D eigenvalue weighted by atomic mass is 9.69. The molecule has 0 spiro atoms. The van der Waals surface area contributed by atoms with Crippen molar-refractivity contribution < 1.29 is 10.2 Å². The van der Waals surface area contributed by atoms with Crippen LogP contribution in [0, 0.1) is 17.2 Å². The Morgan fingerprint density at radius 2 is 1.89 bits per heavy atom. The van der Waals surface area contributed by atoms with E-state index in [0.717, 1.165) is 5.56 Å². The molecular weight excluding hydrogens is 226 g/mol. The molecule has 18 heavy (non-hydrogen) atoms. The number of aliphatic hydroxyl groups is 2. The van der Waals surface area contributed by atoms with E-state index in [2.05, 4.69) is 6.07 Å². The molecule has 2 N–H and O–H groups in total. The van der Waals surface area contributed by atoms with Crippen molar-refractivity contribution in [1.82, 2.24) is 0 Å². The van der Waals surface area contributed by atoms with E-state index >= 15 is 0 Å². The first-order valence-electron chi connectivity index (χ1n) is 6.32. The summed E-state index contributed by atoms with van der Waals surface area (Å²) in [6, 6.07) is 12.1. The number of nitrogens with zero attached hydrogens (tertiary/aromatic N) is 1. The van der Waals surface area contributed by atoms with Gasteiger partial charge in [0, 0.05) is 0 Å². The number of rotatable bonds is 6. The van der Waals surface area contributed by atoms with E-state index in [1.165, 1.54) is 0 Å². The van der Waals surface area contributed by atoms with Crippen molar-refractivity contribution in [1.29, 1.82) is 5.26 Å². The molecule has 3 nitrogen and oxygen atoms in total. The van der Waals surface area contributed by atoms with Gasteiger partial charge in [-0.15, -0.1) is 0 Å². The summed E-state index contributed by atoms with van der Waals surface area (Å²) in [5, 5.41) is 28.0. The van der Waals surface area contributed by atoms with Crippen molar-refractivity contribution >= 4 is 0 Å². The second-order valence-electron chi connectivity index (χ2n) is 4.98. The van der Waals surface area contributed by atoms with Gasteiger partial charge in [0.25, 0.3) is 0 Å². The molecular formula is C15H21NO2. The van der Waals surface area contributed by atoms with Gasteiger partial charge >= 0.3 is 0 Å². The van der Waals surface area contributed by atoms with E-state index in [0.29, 0.717) is 12.8 Å². The lowest BCUT2D eigenvalue weighted by molar-refractivity contribution is 0.0804. The molecule has 0 aliphatic heterocycles. The first-order valence-corrected chi connectivity index (χ1v) is 6.32. The molecule has 0 bridgehead atoms. The molecule has 0 saturated carbocycles. The number of hydrogen-bond donors (Lipinski definition) is 2. The molecule has 0 unspecified atom stereocenters. The summed E-state index contributed by atoms with van der Waals surface area (Å²) in [5.74, 6) is 0.149. The van der Waals surface area contributed by atoms with E-state index in [4.69, 9.17) is 5.11 Å². The molecule has 98 valence electrons. The minimum Gasteiger partial charge on any atom is -0.394 e. The van der Waals surface area contributed by atoms with Crippen molar-refractivity contribution in [2.24, 2.45) is 5.92 Å². The van der Waals surface area contributed by atoms with E-state index < -0.39 is 11.5 Å². The maximum absolute atomic E-state index is 9.59. The lowest BCUT2D eigenvalue weighted by Gasteiger charge is -2.32. The van der Waals surface area contributed by atoms with E-state index in [9.17, 15) is 10.4 Å². The maximum atomic E-state index is 9.59. The Morgan fingerprint density at radius 1 is 1.28 bits per heavy atom. The fraction of sp³-hybridized carbons (Fsp3) is 0.533. The highest BCUT2D eigenvalue weighted by Gasteiger charge is 2.35. The molecule has 0 aliphatic rings. The highest BCUT2D eigenvalue weighted by Crippen LogP contribution is 2.36. The normalized spacial score (nSPS) is 16.0. The zero-order valence-electron chi connectivity index (χ0n) is 11.0. The molecule has 0 heterocycles. The predicted molar refractivity (Wildman–Crippen MR) is 70.9 cm³/mol. The molecule has 0 saturated heterocycles. The van der Waals surface area contributed by atoms with Gasteiger partial charge < -0.3 is 10.2 Å². The van der Waals surface area contributed by atoms with Crippen molar-refractivity contribution in [3.63, 3.8) is 0 Å². The average molecular weight is 247 g/mol. The Bertz CT molecular complexity index is 397. The van der Waals surface area contributed by atoms with Gasteiger partial charge in [0.2, 0.25) is 0 Å². The fourth-order valence-electron chi connectivity index (χ4n) is 2.24. The number of aliphatic hydroxyl groups excluding tert-OH is 2. The van der Waals surface area contributed by atoms with Crippen LogP contribution in [0.25, 0.3) is 0 Å². The number of nitriles is 1. The summed E-state index contributed by atoms with van der Waals surface area (Å²) in [4.78, 5) is 0. The summed E-state index contributed by atoms with van der Waals surface area (Å²) in [5.41, 5.74) is 0.380. The smallest absolute Gasteiger partial charge is 0.0846 e. The van der Waals surface area contributed by atoms with Gasteiger partial charge in [0.1, 0.15) is 0 Å². The third kappa shape index (κ3) is 3.10. The van der Waals surface area contributed by atoms with Crippen LogP contribution in [0.4, 0.5) is 0 Å². The van der Waals surface area contributed by atoms with Crippen LogP contribution in [-0.4, -0.2) is 22.9 Å². The molecule has 0 aliphatic carbocycles. The van der Waals surface area contributed by atoms with Crippen LogP contribution in [0.15, 0.2) is 30.3 Å². The van der Waals surface area contributed by atoms with Gasteiger partial charge in [-0.05, 0) is 24.3 Å². The first-order chi connectivity index (χ1) is 8.56. The van der Waals surface area contributed by atoms with E-state index in [1.54, 1.807) is 0 Å². The Morgan fingerprint density at radius 3 is 2.33 bits per heavy atom. The summed E-state index contributed by atoms with van der Waals surface area (Å²) in [6.07, 6.45) is 0.226. The minimum absolute atomic E-state index is 0.149. The Labute approximate surface area is 109 Å². The van der Waals surface area contributed by atoms with Crippen LogP contribution in [0.5, 0.6) is 0 Å². The Hall–Kier alpha value is -1.37. The van der Waals surface area contributed by atoms with Crippen LogP contribution in [0.2, 0.25) is 0 Å². The summed E-state index contributed by atoms with van der Waals surface area (Å²) in [6.45, 7) is 3.78. The minimum atomic E-state index is -0.750. The lowest BCUT2D eigenvalue weighted by Crippen LogP contribution is -2.32. The maximum Gasteiger partial charge on any atom is 0.0846 e. The summed E-state index contributed by atoms with van der Waals surface area (Å²) < 4.78 is 0. The first kappa shape index (κ1) is 14.7. The molecule has 0 amide bonds. The van der Waals surface area contributed by atoms with Gasteiger partial charge in [-0.2, -0.15) is 5.26 Å². The van der Waals surface area contributed by atoms with Gasteiger partial charge in [-0.25, -0.2) is 0 Å². The largest absolute Gasteiger partial charge is 0.394 e. The van der Waals surface area contributed by atoms with Gasteiger partial charge in [0.15, 0.2) is 0 Å². The molecule has 1 rings (SSSR count). The second-order valence-corrected chi connectivity index (χ2v) is 4.98. The quantitative estimate of drug-likeness (QED) is 0.810. The zero-order chi connectivity index (χ0) is 13.6. The molecule has 0 fully saturated rings. The van der Waals surface area contributed by atoms with Crippen LogP contribution in [0.3, 0.4) is 0 Å². The van der Waals surface area contributed by atoms with Crippen LogP contribution in [-0.2, 0) is 5.41 Å². The SMILES string of the molecule is CC(C)[C@](C#N)(CC[C@@H](O)CO)c1ccccc1. The molecule has 1 aromatic rings. The van der Waals surface area contributed by atoms with E-state index in [1.807, 2.05) is 44.2 Å². The van der Waals surface area contributed by atoms with E-state index in [-0.39, 0.29) is 12.5 Å². The van der Waals surface area contributed by atoms with Gasteiger partial charge in [0.05, 0.1) is 24.2 Å². The standard InChI is InChI=1S/C15H21NO2/c1-12(2)15(11-16,9-8-14(18)10-17)13-6-4-3-5-7-13/h3-7,12,14,17-18H,8-10H2,1-2H3/t14-,15-/m1/s1. The molecule has 3 heteroatoms. The Balaban J connectivity index is 3.00. The summed E-state index contributed by atoms with van der Waals surface area (Å²) >= 11 is 0. The highest BCUT2D eigenvalue weighted by atomic mass is 16.3. The molecule has 0 aromatic heterocycles. The summed E-state index contributed by atoms with van der Waals surface area (Å²) in [7, 11) is 0. The zero-order valence-corrected chi connectivity index (χ0v) is 11.0. The van der Waals surface area contributed by atoms with Crippen molar-refractivity contribution in [3.8, 4) is 6.07 Å². The average Bonchev–Trinajstić information content (AvgIpc) is 2.40. The fourth-order valence-corrected chi connectivity index (χ4v) is 2.24. The van der Waals surface area contributed by atoms with Crippen molar-refractivity contribution in [2.45, 2.75) is 38.2 Å². The van der Waals surface area contributed by atoms with Crippen LogP contribution >= 0.6 is 0 Å². The molecule has 2 atom stereocenters. The number of hydrogen-bond acceptors (Lipinski definition) is 3. The molecule has 1 aromatic carbocycles. The van der Waals surface area contributed by atoms with Gasteiger partial charge in [-0.3, -0.25) is 0 Å². The second kappa shape index (κ2) is 6.53. The topological polar surface area (TPSA) is 64.2 Å². The van der Waals surface area contributed by atoms with Crippen LogP contribution < -0.4 is 0 Å². The van der Waals surface area contributed by atoms with Crippen molar-refractivity contribution in [2.75, 3.05) is 6.61 Å². The third-order valence-corrected chi connectivity index (χ3v) is 3.56. The number of benzene rings is 1. The van der Waals surface area contributed by atoms with Crippen molar-refractivity contribution in [3.05, 3.63) is 35.9 Å². The molecule has 0 radical (unpaired) electrons.